The number of amides is 1. The van der Waals surface area contributed by atoms with Gasteiger partial charge < -0.3 is 14.7 Å². The highest BCUT2D eigenvalue weighted by atomic mass is 35.5. The Balaban J connectivity index is 0.000000821. The molecule has 2 aliphatic carbocycles. The van der Waals surface area contributed by atoms with E-state index in [0.717, 1.165) is 55.3 Å². The van der Waals surface area contributed by atoms with Gasteiger partial charge >= 0.3 is 0 Å². The van der Waals surface area contributed by atoms with E-state index in [1.165, 1.54) is 6.07 Å². The van der Waals surface area contributed by atoms with Crippen molar-refractivity contribution in [2.24, 2.45) is 0 Å². The monoisotopic (exact) mass is 474 g/mol. The van der Waals surface area contributed by atoms with Gasteiger partial charge in [0.25, 0.3) is 12.4 Å². The number of carbonyl (C=O) groups is 2. The molecule has 1 aromatic carbocycles. The summed E-state index contributed by atoms with van der Waals surface area (Å²) >= 11 is 6.38. The first-order valence-corrected chi connectivity index (χ1v) is 11.8. The van der Waals surface area contributed by atoms with E-state index in [1.807, 2.05) is 6.92 Å². The molecule has 3 fully saturated rings. The minimum atomic E-state index is -0.470. The van der Waals surface area contributed by atoms with Crippen molar-refractivity contribution in [3.63, 3.8) is 0 Å². The molecule has 6 nitrogen and oxygen atoms in total. The number of halogens is 2. The number of hydrogen-bond acceptors (Lipinski definition) is 4. The van der Waals surface area contributed by atoms with Crippen LogP contribution < -0.4 is 4.74 Å². The van der Waals surface area contributed by atoms with Gasteiger partial charge in [-0.2, -0.15) is 0 Å². The third-order valence-corrected chi connectivity index (χ3v) is 6.68. The first-order valence-electron chi connectivity index (χ1n) is 11.5. The first-order chi connectivity index (χ1) is 15.9. The minimum Gasteiger partial charge on any atom is -0.484 e. The largest absolute Gasteiger partial charge is 0.484 e. The Morgan fingerprint density at radius 1 is 1.21 bits per heavy atom. The third kappa shape index (κ3) is 5.46. The van der Waals surface area contributed by atoms with Crippen molar-refractivity contribution in [2.45, 2.75) is 63.4 Å². The van der Waals surface area contributed by atoms with Crippen molar-refractivity contribution in [3.8, 4) is 5.75 Å². The van der Waals surface area contributed by atoms with Crippen LogP contribution >= 0.6 is 11.6 Å². The zero-order chi connectivity index (χ0) is 23.5. The maximum absolute atomic E-state index is 15.0. The van der Waals surface area contributed by atoms with Gasteiger partial charge in [0.05, 0.1) is 22.5 Å². The lowest BCUT2D eigenvalue weighted by Gasteiger charge is -2.21. The van der Waals surface area contributed by atoms with Crippen LogP contribution in [0.5, 0.6) is 5.75 Å². The molecule has 2 saturated carbocycles. The average Bonchev–Trinajstić information content (AvgIpc) is 3.73. The summed E-state index contributed by atoms with van der Waals surface area (Å²) < 4.78 is 21.1. The van der Waals surface area contributed by atoms with Crippen molar-refractivity contribution in [1.82, 2.24) is 9.88 Å². The minimum absolute atomic E-state index is 0.188. The molecule has 1 unspecified atom stereocenters. The van der Waals surface area contributed by atoms with Crippen LogP contribution in [0.3, 0.4) is 0 Å². The Morgan fingerprint density at radius 3 is 2.42 bits per heavy atom. The number of nitrogens with zero attached hydrogens (tertiary/aromatic N) is 2. The standard InChI is InChI=1S/C24H26ClFN2O2.CH2O2/c1-14(30-17-10-21(25)23(27-13-17)16-6-7-16)18-12-22(26)20(11-19(18)15-4-5-15)24(29)28-8-2-3-9-28;2-1-3/h10-16H,2-9H2,1H3;1H,(H,2,3). The zero-order valence-corrected chi connectivity index (χ0v) is 19.4. The summed E-state index contributed by atoms with van der Waals surface area (Å²) in [6, 6.07) is 5.07. The molecule has 33 heavy (non-hydrogen) atoms. The summed E-state index contributed by atoms with van der Waals surface area (Å²) in [5.74, 6) is 0.757. The molecule has 8 heteroatoms. The van der Waals surface area contributed by atoms with Crippen LogP contribution in [0.15, 0.2) is 24.4 Å². The molecule has 1 saturated heterocycles. The van der Waals surface area contributed by atoms with Crippen LogP contribution in [0.1, 0.15) is 90.6 Å². The predicted octanol–water partition coefficient (Wildman–Crippen LogP) is 5.71. The second kappa shape index (κ2) is 10.1. The van der Waals surface area contributed by atoms with Gasteiger partial charge in [-0.15, -0.1) is 0 Å². The molecule has 1 amide bonds. The summed E-state index contributed by atoms with van der Waals surface area (Å²) in [5, 5.41) is 7.52. The molecule has 0 bridgehead atoms. The number of rotatable bonds is 6. The van der Waals surface area contributed by atoms with Crippen LogP contribution in [-0.2, 0) is 4.79 Å². The Hall–Kier alpha value is -2.67. The fourth-order valence-electron chi connectivity index (χ4n) is 4.38. The smallest absolute Gasteiger partial charge is 0.290 e. The lowest BCUT2D eigenvalue weighted by Crippen LogP contribution is -2.28. The molecular weight excluding hydrogens is 447 g/mol. The van der Waals surface area contributed by atoms with E-state index in [0.29, 0.717) is 35.7 Å². The quantitative estimate of drug-likeness (QED) is 0.543. The van der Waals surface area contributed by atoms with Crippen LogP contribution in [0.2, 0.25) is 5.02 Å². The number of hydrogen-bond donors (Lipinski definition) is 1. The summed E-state index contributed by atoms with van der Waals surface area (Å²) in [7, 11) is 0. The van der Waals surface area contributed by atoms with Crippen molar-refractivity contribution in [2.75, 3.05) is 13.1 Å². The Labute approximate surface area is 197 Å². The number of carboxylic acid groups (broad SMARTS) is 1. The fraction of sp³-hybridized carbons (Fsp3) is 0.480. The van der Waals surface area contributed by atoms with Crippen molar-refractivity contribution >= 4 is 24.0 Å². The second-order valence-electron chi connectivity index (χ2n) is 8.91. The summed E-state index contributed by atoms with van der Waals surface area (Å²) in [5.41, 5.74) is 2.95. The highest BCUT2D eigenvalue weighted by Gasteiger charge is 2.32. The van der Waals surface area contributed by atoms with E-state index in [9.17, 15) is 9.18 Å². The molecule has 5 rings (SSSR count). The van der Waals surface area contributed by atoms with E-state index >= 15 is 0 Å². The zero-order valence-electron chi connectivity index (χ0n) is 18.6. The molecule has 1 aromatic heterocycles. The van der Waals surface area contributed by atoms with Gasteiger partial charge in [0.2, 0.25) is 0 Å². The maximum atomic E-state index is 15.0. The molecule has 176 valence electrons. The number of pyridine rings is 1. The molecule has 1 atom stereocenters. The number of benzene rings is 1. The number of ether oxygens (including phenoxy) is 1. The highest BCUT2D eigenvalue weighted by molar-refractivity contribution is 6.31. The number of likely N-dealkylation sites (tertiary alicyclic amines) is 1. The van der Waals surface area contributed by atoms with Crippen molar-refractivity contribution in [1.29, 1.82) is 0 Å². The number of carbonyl (C=O) groups excluding carboxylic acids is 1. The van der Waals surface area contributed by atoms with Gasteiger partial charge in [0.1, 0.15) is 17.7 Å². The predicted molar refractivity (Wildman–Crippen MR) is 122 cm³/mol. The fourth-order valence-corrected chi connectivity index (χ4v) is 4.69. The SMILES string of the molecule is CC(Oc1cnc(C2CC2)c(Cl)c1)c1cc(F)c(C(=O)N2CCCC2)cc1C1CC1.O=CO. The van der Waals surface area contributed by atoms with E-state index in [4.69, 9.17) is 26.2 Å². The number of aromatic nitrogens is 1. The van der Waals surface area contributed by atoms with Gasteiger partial charge in [0, 0.05) is 25.1 Å². The molecule has 1 aliphatic heterocycles. The maximum Gasteiger partial charge on any atom is 0.290 e. The van der Waals surface area contributed by atoms with Gasteiger partial charge in [-0.1, -0.05) is 11.6 Å². The molecule has 0 spiro atoms. The van der Waals surface area contributed by atoms with E-state index in [2.05, 4.69) is 4.98 Å². The van der Waals surface area contributed by atoms with Crippen molar-refractivity contribution in [3.05, 3.63) is 57.6 Å². The molecule has 2 aromatic rings. The van der Waals surface area contributed by atoms with Crippen LogP contribution in [0.4, 0.5) is 4.39 Å². The van der Waals surface area contributed by atoms with Gasteiger partial charge in [-0.05, 0) is 74.6 Å². The molecule has 1 N–H and O–H groups in total. The molecule has 2 heterocycles. The Kier molecular flexibility index (Phi) is 7.17. The molecule has 3 aliphatic rings. The van der Waals surface area contributed by atoms with Gasteiger partial charge in [-0.3, -0.25) is 14.6 Å². The lowest BCUT2D eigenvalue weighted by molar-refractivity contribution is -0.122. The third-order valence-electron chi connectivity index (χ3n) is 6.37. The second-order valence-corrected chi connectivity index (χ2v) is 9.32. The summed E-state index contributed by atoms with van der Waals surface area (Å²) in [4.78, 5) is 27.4. The topological polar surface area (TPSA) is 79.7 Å². The average molecular weight is 475 g/mol. The van der Waals surface area contributed by atoms with E-state index < -0.39 is 5.82 Å². The molecule has 0 radical (unpaired) electrons. The van der Waals surface area contributed by atoms with Crippen LogP contribution in [0, 0.1) is 5.82 Å². The first kappa shape index (κ1) is 23.5. The van der Waals surface area contributed by atoms with Gasteiger partial charge in [0.15, 0.2) is 0 Å². The van der Waals surface area contributed by atoms with Gasteiger partial charge in [-0.25, -0.2) is 4.39 Å². The van der Waals surface area contributed by atoms with Crippen LogP contribution in [-0.4, -0.2) is 40.5 Å². The van der Waals surface area contributed by atoms with E-state index in [-0.39, 0.29) is 24.0 Å². The Bertz CT molecular complexity index is 1030. The molecular formula is C25H28ClFN2O4. The highest BCUT2D eigenvalue weighted by Crippen LogP contribution is 2.45. The summed E-state index contributed by atoms with van der Waals surface area (Å²) in [6.07, 6.45) is 7.71. The normalized spacial score (nSPS) is 18.3. The Morgan fingerprint density at radius 2 is 1.85 bits per heavy atom. The van der Waals surface area contributed by atoms with Crippen LogP contribution in [0.25, 0.3) is 0 Å². The van der Waals surface area contributed by atoms with Crippen molar-refractivity contribution < 1.29 is 23.8 Å². The summed E-state index contributed by atoms with van der Waals surface area (Å²) in [6.45, 7) is 3.08. The van der Waals surface area contributed by atoms with E-state index in [1.54, 1.807) is 23.2 Å². The lowest BCUT2D eigenvalue weighted by atomic mass is 9.95.